The van der Waals surface area contributed by atoms with Crippen molar-refractivity contribution >= 4 is 18.0 Å². The quantitative estimate of drug-likeness (QED) is 0.667. The van der Waals surface area contributed by atoms with Gasteiger partial charge in [0.15, 0.2) is 0 Å². The maximum atomic E-state index is 13.0. The number of hydrogen-bond donors (Lipinski definition) is 2. The van der Waals surface area contributed by atoms with Gasteiger partial charge in [0.25, 0.3) is 0 Å². The Hall–Kier alpha value is -3.35. The summed E-state index contributed by atoms with van der Waals surface area (Å²) in [6.07, 6.45) is 4.34. The SMILES string of the molecule is O=C(NC1(CC(=O)N2CCC2C(=O)O)CCCCC1)OCC1c2ccccc2-c2ccccc21. The highest BCUT2D eigenvalue weighted by atomic mass is 16.5. The highest BCUT2D eigenvalue weighted by Gasteiger charge is 2.43. The molecule has 7 heteroatoms. The number of aliphatic carboxylic acids is 1. The lowest BCUT2D eigenvalue weighted by Crippen LogP contribution is -2.59. The number of nitrogens with zero attached hydrogens (tertiary/aromatic N) is 1. The third-order valence-corrected chi connectivity index (χ3v) is 7.64. The van der Waals surface area contributed by atoms with Crippen molar-refractivity contribution in [2.75, 3.05) is 13.2 Å². The molecule has 2 amide bonds. The summed E-state index contributed by atoms with van der Waals surface area (Å²) in [5.41, 5.74) is 3.96. The van der Waals surface area contributed by atoms with Crippen molar-refractivity contribution in [3.63, 3.8) is 0 Å². The third kappa shape index (κ3) is 4.15. The van der Waals surface area contributed by atoms with E-state index in [4.69, 9.17) is 4.74 Å². The average Bonchev–Trinajstić information content (AvgIpc) is 3.11. The Labute approximate surface area is 199 Å². The Balaban J connectivity index is 1.26. The molecule has 2 aliphatic carbocycles. The minimum absolute atomic E-state index is 0.0282. The molecule has 1 saturated carbocycles. The fourth-order valence-corrected chi connectivity index (χ4v) is 5.76. The first-order valence-corrected chi connectivity index (χ1v) is 12.1. The molecule has 2 aromatic carbocycles. The molecule has 7 nitrogen and oxygen atoms in total. The number of carboxylic acids is 1. The minimum atomic E-state index is -0.971. The van der Waals surface area contributed by atoms with E-state index in [2.05, 4.69) is 29.6 Å². The highest BCUT2D eigenvalue weighted by Crippen LogP contribution is 2.44. The van der Waals surface area contributed by atoms with Gasteiger partial charge in [-0.1, -0.05) is 67.8 Å². The molecule has 1 saturated heterocycles. The number of benzene rings is 2. The van der Waals surface area contributed by atoms with Crippen LogP contribution in [-0.4, -0.2) is 52.7 Å². The van der Waals surface area contributed by atoms with Gasteiger partial charge in [0, 0.05) is 12.5 Å². The summed E-state index contributed by atoms with van der Waals surface area (Å²) < 4.78 is 5.74. The third-order valence-electron chi connectivity index (χ3n) is 7.64. The van der Waals surface area contributed by atoms with Crippen molar-refractivity contribution in [2.24, 2.45) is 0 Å². The lowest BCUT2D eigenvalue weighted by Gasteiger charge is -2.42. The van der Waals surface area contributed by atoms with Crippen molar-refractivity contribution in [3.05, 3.63) is 59.7 Å². The van der Waals surface area contributed by atoms with Crippen LogP contribution in [0.5, 0.6) is 0 Å². The Morgan fingerprint density at radius 2 is 1.59 bits per heavy atom. The summed E-state index contributed by atoms with van der Waals surface area (Å²) in [4.78, 5) is 38.6. The number of hydrogen-bond acceptors (Lipinski definition) is 4. The second kappa shape index (κ2) is 9.12. The first kappa shape index (κ1) is 22.4. The summed E-state index contributed by atoms with van der Waals surface area (Å²) in [5.74, 6) is -1.21. The summed E-state index contributed by atoms with van der Waals surface area (Å²) in [6, 6.07) is 15.6. The summed E-state index contributed by atoms with van der Waals surface area (Å²) in [6.45, 7) is 0.675. The van der Waals surface area contributed by atoms with Crippen LogP contribution in [0, 0.1) is 0 Å². The van der Waals surface area contributed by atoms with Crippen molar-refractivity contribution in [1.29, 1.82) is 0 Å². The highest BCUT2D eigenvalue weighted by molar-refractivity contribution is 5.86. The number of fused-ring (bicyclic) bond motifs is 3. The maximum Gasteiger partial charge on any atom is 0.407 e. The van der Waals surface area contributed by atoms with E-state index in [0.717, 1.165) is 30.4 Å². The molecule has 1 atom stereocenters. The van der Waals surface area contributed by atoms with Crippen LogP contribution >= 0.6 is 0 Å². The molecule has 2 fully saturated rings. The van der Waals surface area contributed by atoms with E-state index in [1.54, 1.807) is 0 Å². The van der Waals surface area contributed by atoms with E-state index >= 15 is 0 Å². The van der Waals surface area contributed by atoms with E-state index in [1.165, 1.54) is 16.0 Å². The first-order valence-electron chi connectivity index (χ1n) is 12.1. The molecule has 0 bridgehead atoms. The molecular formula is C27H30N2O5. The molecule has 5 rings (SSSR count). The number of carbonyl (C=O) groups is 3. The van der Waals surface area contributed by atoms with E-state index in [9.17, 15) is 19.5 Å². The van der Waals surface area contributed by atoms with Crippen LogP contribution in [0.25, 0.3) is 11.1 Å². The fourth-order valence-electron chi connectivity index (χ4n) is 5.76. The smallest absolute Gasteiger partial charge is 0.407 e. The van der Waals surface area contributed by atoms with Gasteiger partial charge in [-0.2, -0.15) is 0 Å². The zero-order chi connectivity index (χ0) is 23.7. The molecule has 1 aliphatic heterocycles. The van der Waals surface area contributed by atoms with Gasteiger partial charge in [-0.25, -0.2) is 9.59 Å². The molecular weight excluding hydrogens is 432 g/mol. The average molecular weight is 463 g/mol. The maximum absolute atomic E-state index is 13.0. The molecule has 1 heterocycles. The van der Waals surface area contributed by atoms with Crippen LogP contribution in [0.2, 0.25) is 0 Å². The standard InChI is InChI=1S/C27H30N2O5/c30-24(29-15-12-23(29)25(31)32)16-27(13-6-1-7-14-27)28-26(33)34-17-22-20-10-4-2-8-18(20)19-9-3-5-11-21(19)22/h2-5,8-11,22-23H,1,6-7,12-17H2,(H,28,33)(H,31,32). The number of rotatable bonds is 6. The zero-order valence-corrected chi connectivity index (χ0v) is 19.2. The molecule has 3 aliphatic rings. The van der Waals surface area contributed by atoms with Gasteiger partial charge < -0.3 is 20.1 Å². The molecule has 2 N–H and O–H groups in total. The molecule has 34 heavy (non-hydrogen) atoms. The van der Waals surface area contributed by atoms with Gasteiger partial charge in [0.2, 0.25) is 5.91 Å². The summed E-state index contributed by atoms with van der Waals surface area (Å²) in [7, 11) is 0. The van der Waals surface area contributed by atoms with Crippen LogP contribution < -0.4 is 5.32 Å². The zero-order valence-electron chi connectivity index (χ0n) is 19.2. The topological polar surface area (TPSA) is 95.9 Å². The van der Waals surface area contributed by atoms with E-state index in [0.29, 0.717) is 25.8 Å². The van der Waals surface area contributed by atoms with Crippen molar-refractivity contribution in [2.45, 2.75) is 62.4 Å². The van der Waals surface area contributed by atoms with Crippen LogP contribution in [-0.2, 0) is 14.3 Å². The number of nitrogens with one attached hydrogen (secondary N) is 1. The second-order valence-electron chi connectivity index (χ2n) is 9.70. The Morgan fingerprint density at radius 1 is 0.971 bits per heavy atom. The monoisotopic (exact) mass is 462 g/mol. The van der Waals surface area contributed by atoms with Gasteiger partial charge in [-0.05, 0) is 41.5 Å². The largest absolute Gasteiger partial charge is 0.480 e. The van der Waals surface area contributed by atoms with Crippen LogP contribution in [0.1, 0.15) is 62.0 Å². The molecule has 0 radical (unpaired) electrons. The van der Waals surface area contributed by atoms with Crippen LogP contribution in [0.15, 0.2) is 48.5 Å². The van der Waals surface area contributed by atoms with Gasteiger partial charge in [-0.3, -0.25) is 4.79 Å². The normalized spacial score (nSPS) is 20.6. The number of carbonyl (C=O) groups excluding carboxylic acids is 2. The molecule has 0 aromatic heterocycles. The Kier molecular flexibility index (Phi) is 6.02. The molecule has 1 unspecified atom stereocenters. The predicted molar refractivity (Wildman–Crippen MR) is 126 cm³/mol. The van der Waals surface area contributed by atoms with Crippen molar-refractivity contribution in [1.82, 2.24) is 10.2 Å². The number of likely N-dealkylation sites (tertiary alicyclic amines) is 1. The summed E-state index contributed by atoms with van der Waals surface area (Å²) >= 11 is 0. The lowest BCUT2D eigenvalue weighted by atomic mass is 9.78. The van der Waals surface area contributed by atoms with Crippen LogP contribution in [0.3, 0.4) is 0 Å². The molecule has 2 aromatic rings. The molecule has 0 spiro atoms. The van der Waals surface area contributed by atoms with Crippen molar-refractivity contribution in [3.8, 4) is 11.1 Å². The van der Waals surface area contributed by atoms with Gasteiger partial charge in [0.1, 0.15) is 12.6 Å². The number of amides is 2. The number of carboxylic acid groups (broad SMARTS) is 1. The first-order chi connectivity index (χ1) is 16.5. The fraction of sp³-hybridized carbons (Fsp3) is 0.444. The van der Waals surface area contributed by atoms with Gasteiger partial charge in [0.05, 0.1) is 12.0 Å². The van der Waals surface area contributed by atoms with E-state index in [1.807, 2.05) is 24.3 Å². The number of alkyl carbamates (subject to hydrolysis) is 1. The minimum Gasteiger partial charge on any atom is -0.480 e. The Morgan fingerprint density at radius 3 is 2.15 bits per heavy atom. The Bertz CT molecular complexity index is 1060. The van der Waals surface area contributed by atoms with Crippen LogP contribution in [0.4, 0.5) is 4.79 Å². The molecule has 178 valence electrons. The summed E-state index contributed by atoms with van der Waals surface area (Å²) in [5, 5.41) is 12.3. The predicted octanol–water partition coefficient (Wildman–Crippen LogP) is 4.30. The van der Waals surface area contributed by atoms with Gasteiger partial charge >= 0.3 is 12.1 Å². The van der Waals surface area contributed by atoms with E-state index in [-0.39, 0.29) is 24.9 Å². The van der Waals surface area contributed by atoms with Gasteiger partial charge in [-0.15, -0.1) is 0 Å². The number of ether oxygens (including phenoxy) is 1. The van der Waals surface area contributed by atoms with Crippen molar-refractivity contribution < 1.29 is 24.2 Å². The second-order valence-corrected chi connectivity index (χ2v) is 9.70. The lowest BCUT2D eigenvalue weighted by molar-refractivity contribution is -0.158. The van der Waals surface area contributed by atoms with E-state index < -0.39 is 23.6 Å².